The van der Waals surface area contributed by atoms with Crippen LogP contribution in [0.1, 0.15) is 25.8 Å². The quantitative estimate of drug-likeness (QED) is 0.785. The molecule has 0 heterocycles. The second kappa shape index (κ2) is 6.91. The highest BCUT2D eigenvalue weighted by molar-refractivity contribution is 5.80. The highest BCUT2D eigenvalue weighted by Crippen LogP contribution is 2.12. The zero-order chi connectivity index (χ0) is 12.7. The summed E-state index contributed by atoms with van der Waals surface area (Å²) in [6, 6.07) is 7.22. The van der Waals surface area contributed by atoms with Crippen molar-refractivity contribution in [3.63, 3.8) is 0 Å². The lowest BCUT2D eigenvalue weighted by atomic mass is 10.2. The van der Waals surface area contributed by atoms with Crippen molar-refractivity contribution in [2.45, 2.75) is 32.9 Å². The molecule has 0 unspecified atom stereocenters. The maximum atomic E-state index is 11.3. The average molecular weight is 236 g/mol. The van der Waals surface area contributed by atoms with E-state index in [4.69, 9.17) is 10.5 Å². The zero-order valence-electron chi connectivity index (χ0n) is 10.4. The second-order valence-corrected chi connectivity index (χ2v) is 4.00. The van der Waals surface area contributed by atoms with Gasteiger partial charge in [0.1, 0.15) is 5.75 Å². The van der Waals surface area contributed by atoms with E-state index in [9.17, 15) is 4.79 Å². The molecule has 94 valence electrons. The Balaban J connectivity index is 2.42. The van der Waals surface area contributed by atoms with Gasteiger partial charge in [-0.3, -0.25) is 4.79 Å². The van der Waals surface area contributed by atoms with Crippen molar-refractivity contribution < 1.29 is 9.53 Å². The van der Waals surface area contributed by atoms with Gasteiger partial charge in [-0.15, -0.1) is 0 Å². The standard InChI is InChI=1S/C13H20N2O2/c1-3-8-17-12-6-4-11(5-7-12)9-15-13(16)10(2)14/h4-7,10H,3,8-9,14H2,1-2H3,(H,15,16)/t10-/m0/s1. The molecule has 0 aliphatic heterocycles. The number of amides is 1. The molecule has 0 aliphatic carbocycles. The minimum Gasteiger partial charge on any atom is -0.494 e. The minimum atomic E-state index is -0.470. The number of hydrogen-bond donors (Lipinski definition) is 2. The van der Waals surface area contributed by atoms with Crippen LogP contribution in [0, 0.1) is 0 Å². The summed E-state index contributed by atoms with van der Waals surface area (Å²) in [4.78, 5) is 11.3. The molecule has 4 nitrogen and oxygen atoms in total. The van der Waals surface area contributed by atoms with E-state index in [0.29, 0.717) is 6.54 Å². The first-order valence-electron chi connectivity index (χ1n) is 5.88. The summed E-state index contributed by atoms with van der Waals surface area (Å²) in [5.41, 5.74) is 6.48. The molecule has 0 saturated carbocycles. The monoisotopic (exact) mass is 236 g/mol. The van der Waals surface area contributed by atoms with Crippen LogP contribution in [0.4, 0.5) is 0 Å². The predicted molar refractivity (Wildman–Crippen MR) is 67.7 cm³/mol. The molecule has 1 rings (SSSR count). The molecule has 1 aromatic carbocycles. The van der Waals surface area contributed by atoms with Gasteiger partial charge in [0.2, 0.25) is 5.91 Å². The van der Waals surface area contributed by atoms with E-state index < -0.39 is 6.04 Å². The van der Waals surface area contributed by atoms with Gasteiger partial charge in [0, 0.05) is 6.54 Å². The van der Waals surface area contributed by atoms with Gasteiger partial charge in [0.05, 0.1) is 12.6 Å². The molecule has 17 heavy (non-hydrogen) atoms. The molecule has 0 aromatic heterocycles. The van der Waals surface area contributed by atoms with E-state index in [0.717, 1.165) is 24.3 Å². The molecule has 0 spiro atoms. The van der Waals surface area contributed by atoms with Crippen LogP contribution >= 0.6 is 0 Å². The molecule has 1 aromatic rings. The maximum Gasteiger partial charge on any atom is 0.236 e. The van der Waals surface area contributed by atoms with Gasteiger partial charge < -0.3 is 15.8 Å². The minimum absolute atomic E-state index is 0.142. The number of ether oxygens (including phenoxy) is 1. The van der Waals surface area contributed by atoms with Gasteiger partial charge >= 0.3 is 0 Å². The Kier molecular flexibility index (Phi) is 5.49. The summed E-state index contributed by atoms with van der Waals surface area (Å²) in [6.45, 7) is 4.95. The Hall–Kier alpha value is -1.55. The molecule has 0 aliphatic rings. The molecule has 1 atom stereocenters. The maximum absolute atomic E-state index is 11.3. The molecular formula is C13H20N2O2. The number of benzene rings is 1. The Morgan fingerprint density at radius 2 is 2.06 bits per heavy atom. The average Bonchev–Trinajstić information content (AvgIpc) is 2.34. The van der Waals surface area contributed by atoms with Gasteiger partial charge in [-0.1, -0.05) is 19.1 Å². The summed E-state index contributed by atoms with van der Waals surface area (Å²) < 4.78 is 5.47. The van der Waals surface area contributed by atoms with Crippen molar-refractivity contribution in [3.05, 3.63) is 29.8 Å². The van der Waals surface area contributed by atoms with Gasteiger partial charge in [-0.2, -0.15) is 0 Å². The largest absolute Gasteiger partial charge is 0.494 e. The van der Waals surface area contributed by atoms with Crippen molar-refractivity contribution >= 4 is 5.91 Å². The van der Waals surface area contributed by atoms with E-state index in [1.165, 1.54) is 0 Å². The second-order valence-electron chi connectivity index (χ2n) is 4.00. The Bertz CT molecular complexity index is 347. The van der Waals surface area contributed by atoms with Gasteiger partial charge in [-0.05, 0) is 31.0 Å². The van der Waals surface area contributed by atoms with E-state index in [2.05, 4.69) is 12.2 Å². The van der Waals surface area contributed by atoms with Crippen molar-refractivity contribution in [2.75, 3.05) is 6.61 Å². The summed E-state index contributed by atoms with van der Waals surface area (Å²) in [5.74, 6) is 0.713. The molecular weight excluding hydrogens is 216 g/mol. The fraction of sp³-hybridized carbons (Fsp3) is 0.462. The molecule has 0 radical (unpaired) electrons. The third-order valence-corrected chi connectivity index (χ3v) is 2.28. The normalized spacial score (nSPS) is 11.9. The van der Waals surface area contributed by atoms with Crippen molar-refractivity contribution in [1.82, 2.24) is 5.32 Å². The van der Waals surface area contributed by atoms with E-state index in [1.54, 1.807) is 6.92 Å². The van der Waals surface area contributed by atoms with Crippen LogP contribution in [0.25, 0.3) is 0 Å². The Labute approximate surface area is 102 Å². The first kappa shape index (κ1) is 13.5. The highest BCUT2D eigenvalue weighted by Gasteiger charge is 2.05. The number of nitrogens with one attached hydrogen (secondary N) is 1. The predicted octanol–water partition coefficient (Wildman–Crippen LogP) is 1.44. The third kappa shape index (κ3) is 4.87. The first-order chi connectivity index (χ1) is 8.13. The van der Waals surface area contributed by atoms with Crippen molar-refractivity contribution in [2.24, 2.45) is 5.73 Å². The fourth-order valence-electron chi connectivity index (χ4n) is 1.27. The van der Waals surface area contributed by atoms with Crippen LogP contribution in [-0.4, -0.2) is 18.6 Å². The van der Waals surface area contributed by atoms with Gasteiger partial charge in [-0.25, -0.2) is 0 Å². The van der Waals surface area contributed by atoms with Crippen molar-refractivity contribution in [3.8, 4) is 5.75 Å². The highest BCUT2D eigenvalue weighted by atomic mass is 16.5. The zero-order valence-corrected chi connectivity index (χ0v) is 10.4. The third-order valence-electron chi connectivity index (χ3n) is 2.28. The van der Waals surface area contributed by atoms with Crippen LogP contribution in [0.2, 0.25) is 0 Å². The van der Waals surface area contributed by atoms with E-state index in [1.807, 2.05) is 24.3 Å². The summed E-state index contributed by atoms with van der Waals surface area (Å²) in [6.07, 6.45) is 0.992. The van der Waals surface area contributed by atoms with Crippen LogP contribution in [0.3, 0.4) is 0 Å². The number of hydrogen-bond acceptors (Lipinski definition) is 3. The Morgan fingerprint density at radius 1 is 1.41 bits per heavy atom. The molecule has 0 bridgehead atoms. The number of carbonyl (C=O) groups excluding carboxylic acids is 1. The van der Waals surface area contributed by atoms with Crippen LogP contribution in [-0.2, 0) is 11.3 Å². The summed E-state index contributed by atoms with van der Waals surface area (Å²) in [5, 5.41) is 2.76. The number of rotatable bonds is 6. The lowest BCUT2D eigenvalue weighted by Crippen LogP contribution is -2.37. The van der Waals surface area contributed by atoms with Crippen LogP contribution in [0.15, 0.2) is 24.3 Å². The van der Waals surface area contributed by atoms with E-state index in [-0.39, 0.29) is 5.91 Å². The number of carbonyl (C=O) groups is 1. The lowest BCUT2D eigenvalue weighted by molar-refractivity contribution is -0.122. The van der Waals surface area contributed by atoms with Crippen molar-refractivity contribution in [1.29, 1.82) is 0 Å². The molecule has 4 heteroatoms. The fourth-order valence-corrected chi connectivity index (χ4v) is 1.27. The van der Waals surface area contributed by atoms with Gasteiger partial charge in [0.15, 0.2) is 0 Å². The Morgan fingerprint density at radius 3 is 2.59 bits per heavy atom. The topological polar surface area (TPSA) is 64.3 Å². The number of nitrogens with two attached hydrogens (primary N) is 1. The lowest BCUT2D eigenvalue weighted by Gasteiger charge is -2.09. The van der Waals surface area contributed by atoms with Crippen LogP contribution in [0.5, 0.6) is 5.75 Å². The van der Waals surface area contributed by atoms with Crippen LogP contribution < -0.4 is 15.8 Å². The summed E-state index contributed by atoms with van der Waals surface area (Å²) >= 11 is 0. The van der Waals surface area contributed by atoms with E-state index >= 15 is 0 Å². The SMILES string of the molecule is CCCOc1ccc(CNC(=O)[C@H](C)N)cc1. The molecule has 0 saturated heterocycles. The molecule has 0 fully saturated rings. The molecule has 3 N–H and O–H groups in total. The molecule has 1 amide bonds. The first-order valence-corrected chi connectivity index (χ1v) is 5.88. The van der Waals surface area contributed by atoms with Gasteiger partial charge in [0.25, 0.3) is 0 Å². The summed E-state index contributed by atoms with van der Waals surface area (Å²) in [7, 11) is 0. The smallest absolute Gasteiger partial charge is 0.236 e.